The first-order valence-corrected chi connectivity index (χ1v) is 5.81. The van der Waals surface area contributed by atoms with Gasteiger partial charge in [-0.15, -0.1) is 0 Å². The molecule has 1 amide bonds. The molecule has 17 heavy (non-hydrogen) atoms. The summed E-state index contributed by atoms with van der Waals surface area (Å²) in [5.41, 5.74) is 6.20. The van der Waals surface area contributed by atoms with Gasteiger partial charge in [0.05, 0.1) is 12.1 Å². The fourth-order valence-electron chi connectivity index (χ4n) is 1.24. The number of rotatable bonds is 6. The van der Waals surface area contributed by atoms with Gasteiger partial charge in [-0.1, -0.05) is 19.1 Å². The van der Waals surface area contributed by atoms with E-state index in [1.165, 1.54) is 0 Å². The van der Waals surface area contributed by atoms with Crippen LogP contribution >= 0.6 is 12.2 Å². The van der Waals surface area contributed by atoms with Crippen LogP contribution in [0.4, 0.5) is 5.82 Å². The van der Waals surface area contributed by atoms with Gasteiger partial charge in [0.15, 0.2) is 0 Å². The molecule has 0 unspecified atom stereocenters. The van der Waals surface area contributed by atoms with E-state index in [1.54, 1.807) is 18.3 Å². The van der Waals surface area contributed by atoms with Gasteiger partial charge in [-0.3, -0.25) is 4.79 Å². The van der Waals surface area contributed by atoms with Gasteiger partial charge in [0.1, 0.15) is 10.8 Å². The van der Waals surface area contributed by atoms with Crippen molar-refractivity contribution in [2.24, 2.45) is 5.73 Å². The summed E-state index contributed by atoms with van der Waals surface area (Å²) in [5.74, 6) is 0.457. The van der Waals surface area contributed by atoms with Crippen LogP contribution in [0.2, 0.25) is 0 Å². The van der Waals surface area contributed by atoms with Gasteiger partial charge in [-0.05, 0) is 18.6 Å². The minimum absolute atomic E-state index is 0.0774. The van der Waals surface area contributed by atoms with E-state index in [-0.39, 0.29) is 17.4 Å². The number of aromatic nitrogens is 1. The molecule has 1 heterocycles. The Labute approximate surface area is 106 Å². The van der Waals surface area contributed by atoms with Crippen LogP contribution < -0.4 is 16.4 Å². The largest absolute Gasteiger partial charge is 0.389 e. The zero-order chi connectivity index (χ0) is 12.7. The highest BCUT2D eigenvalue weighted by Gasteiger charge is 2.07. The number of hydrogen-bond donors (Lipinski definition) is 3. The molecule has 0 aliphatic heterocycles. The SMILES string of the molecule is CCCNC(=O)CNc1ncccc1C(N)=S. The maximum atomic E-state index is 11.4. The van der Waals surface area contributed by atoms with Crippen LogP contribution in [0.5, 0.6) is 0 Å². The second kappa shape index (κ2) is 6.80. The number of thiocarbonyl (C=S) groups is 1. The highest BCUT2D eigenvalue weighted by molar-refractivity contribution is 7.80. The monoisotopic (exact) mass is 252 g/mol. The molecule has 0 aromatic carbocycles. The Morgan fingerprint density at radius 1 is 1.59 bits per heavy atom. The average molecular weight is 252 g/mol. The van der Waals surface area contributed by atoms with Crippen LogP contribution in [0.3, 0.4) is 0 Å². The average Bonchev–Trinajstić information content (AvgIpc) is 2.34. The zero-order valence-electron chi connectivity index (χ0n) is 9.69. The summed E-state index contributed by atoms with van der Waals surface area (Å²) in [6.07, 6.45) is 2.53. The summed E-state index contributed by atoms with van der Waals surface area (Å²) >= 11 is 4.90. The molecule has 0 bridgehead atoms. The first-order chi connectivity index (χ1) is 8.15. The van der Waals surface area contributed by atoms with Crippen molar-refractivity contribution in [2.75, 3.05) is 18.4 Å². The van der Waals surface area contributed by atoms with E-state index in [0.717, 1.165) is 6.42 Å². The van der Waals surface area contributed by atoms with Crippen LogP contribution in [0.1, 0.15) is 18.9 Å². The van der Waals surface area contributed by atoms with Gasteiger partial charge >= 0.3 is 0 Å². The number of carbonyl (C=O) groups excluding carboxylic acids is 1. The Balaban J connectivity index is 2.57. The van der Waals surface area contributed by atoms with E-state index in [9.17, 15) is 4.79 Å². The first kappa shape index (κ1) is 13.4. The molecule has 5 nitrogen and oxygen atoms in total. The fraction of sp³-hybridized carbons (Fsp3) is 0.364. The van der Waals surface area contributed by atoms with Crippen molar-refractivity contribution in [2.45, 2.75) is 13.3 Å². The number of amides is 1. The summed E-state index contributed by atoms with van der Waals surface area (Å²) in [4.78, 5) is 15.7. The van der Waals surface area contributed by atoms with E-state index in [2.05, 4.69) is 15.6 Å². The zero-order valence-corrected chi connectivity index (χ0v) is 10.5. The Morgan fingerprint density at radius 2 is 2.35 bits per heavy atom. The maximum Gasteiger partial charge on any atom is 0.239 e. The first-order valence-electron chi connectivity index (χ1n) is 5.40. The number of nitrogens with two attached hydrogens (primary N) is 1. The molecule has 0 spiro atoms. The lowest BCUT2D eigenvalue weighted by atomic mass is 10.2. The van der Waals surface area contributed by atoms with Crippen molar-refractivity contribution in [1.82, 2.24) is 10.3 Å². The van der Waals surface area contributed by atoms with Crippen molar-refractivity contribution < 1.29 is 4.79 Å². The molecule has 0 fully saturated rings. The topological polar surface area (TPSA) is 80.0 Å². The summed E-state index contributed by atoms with van der Waals surface area (Å²) < 4.78 is 0. The Bertz CT molecular complexity index is 408. The minimum Gasteiger partial charge on any atom is -0.389 e. The molecule has 1 aromatic heterocycles. The Kier molecular flexibility index (Phi) is 5.35. The Morgan fingerprint density at radius 3 is 3.00 bits per heavy atom. The van der Waals surface area contributed by atoms with Gasteiger partial charge in [-0.2, -0.15) is 0 Å². The summed E-state index contributed by atoms with van der Waals surface area (Å²) in [6.45, 7) is 2.83. The molecule has 92 valence electrons. The highest BCUT2D eigenvalue weighted by atomic mass is 32.1. The molecular weight excluding hydrogens is 236 g/mol. The lowest BCUT2D eigenvalue weighted by Gasteiger charge is -2.09. The van der Waals surface area contributed by atoms with Gasteiger partial charge in [0.2, 0.25) is 5.91 Å². The molecule has 0 aliphatic carbocycles. The number of nitrogens with one attached hydrogen (secondary N) is 2. The predicted octanol–water partition coefficient (Wildman–Crippen LogP) is 0.654. The van der Waals surface area contributed by atoms with E-state index >= 15 is 0 Å². The number of anilines is 1. The number of nitrogens with zero attached hydrogens (tertiary/aromatic N) is 1. The smallest absolute Gasteiger partial charge is 0.239 e. The van der Waals surface area contributed by atoms with E-state index < -0.39 is 0 Å². The highest BCUT2D eigenvalue weighted by Crippen LogP contribution is 2.10. The lowest BCUT2D eigenvalue weighted by Crippen LogP contribution is -2.31. The van der Waals surface area contributed by atoms with Crippen LogP contribution in [0, 0.1) is 0 Å². The molecule has 0 saturated heterocycles. The minimum atomic E-state index is -0.0774. The van der Waals surface area contributed by atoms with E-state index in [0.29, 0.717) is 17.9 Å². The fourth-order valence-corrected chi connectivity index (χ4v) is 1.40. The normalized spacial score (nSPS) is 9.71. The van der Waals surface area contributed by atoms with Crippen molar-refractivity contribution in [3.63, 3.8) is 0 Å². The van der Waals surface area contributed by atoms with Crippen molar-refractivity contribution in [1.29, 1.82) is 0 Å². The van der Waals surface area contributed by atoms with Crippen LogP contribution in [0.15, 0.2) is 18.3 Å². The maximum absolute atomic E-state index is 11.4. The molecule has 6 heteroatoms. The molecule has 1 aromatic rings. The lowest BCUT2D eigenvalue weighted by molar-refractivity contribution is -0.119. The molecule has 4 N–H and O–H groups in total. The molecule has 0 radical (unpaired) electrons. The third-order valence-electron chi connectivity index (χ3n) is 2.06. The summed E-state index contributed by atoms with van der Waals surface area (Å²) in [7, 11) is 0. The standard InChI is InChI=1S/C11H16N4OS/c1-2-5-13-9(16)7-15-11-8(10(12)17)4-3-6-14-11/h3-4,6H,2,5,7H2,1H3,(H2,12,17)(H,13,16)(H,14,15). The van der Waals surface area contributed by atoms with Gasteiger partial charge in [0.25, 0.3) is 0 Å². The second-order valence-corrected chi connectivity index (χ2v) is 3.91. The number of hydrogen-bond acceptors (Lipinski definition) is 4. The summed E-state index contributed by atoms with van der Waals surface area (Å²) in [6, 6.07) is 3.51. The quantitative estimate of drug-likeness (QED) is 0.648. The van der Waals surface area contributed by atoms with Gasteiger partial charge in [0, 0.05) is 12.7 Å². The van der Waals surface area contributed by atoms with E-state index in [1.807, 2.05) is 6.92 Å². The number of pyridine rings is 1. The van der Waals surface area contributed by atoms with Crippen molar-refractivity contribution in [3.05, 3.63) is 23.9 Å². The molecule has 1 rings (SSSR count). The summed E-state index contributed by atoms with van der Waals surface area (Å²) in [5, 5.41) is 5.67. The molecule has 0 aliphatic rings. The van der Waals surface area contributed by atoms with Crippen LogP contribution in [0.25, 0.3) is 0 Å². The second-order valence-electron chi connectivity index (χ2n) is 3.47. The van der Waals surface area contributed by atoms with Crippen molar-refractivity contribution in [3.8, 4) is 0 Å². The van der Waals surface area contributed by atoms with Crippen LogP contribution in [-0.4, -0.2) is 29.0 Å². The molecule has 0 atom stereocenters. The number of carbonyl (C=O) groups is 1. The molecule has 0 saturated carbocycles. The van der Waals surface area contributed by atoms with Crippen molar-refractivity contribution >= 4 is 28.9 Å². The Hall–Kier alpha value is -1.69. The van der Waals surface area contributed by atoms with E-state index in [4.69, 9.17) is 18.0 Å². The van der Waals surface area contributed by atoms with Gasteiger partial charge < -0.3 is 16.4 Å². The van der Waals surface area contributed by atoms with Crippen LogP contribution in [-0.2, 0) is 4.79 Å². The predicted molar refractivity (Wildman–Crippen MR) is 71.9 cm³/mol. The third kappa shape index (κ3) is 4.36. The molecular formula is C11H16N4OS. The van der Waals surface area contributed by atoms with Gasteiger partial charge in [-0.25, -0.2) is 4.98 Å². The third-order valence-corrected chi connectivity index (χ3v) is 2.28.